The number of halogens is 1. The highest BCUT2D eigenvalue weighted by Crippen LogP contribution is 2.29. The van der Waals surface area contributed by atoms with Crippen LogP contribution in [0.1, 0.15) is 32.3 Å². The van der Waals surface area contributed by atoms with E-state index >= 15 is 0 Å². The molecule has 1 aromatic carbocycles. The van der Waals surface area contributed by atoms with Gasteiger partial charge in [-0.3, -0.25) is 0 Å². The maximum absolute atomic E-state index is 2.42. The van der Waals surface area contributed by atoms with E-state index in [0.29, 0.717) is 5.92 Å². The number of aryl methyl sites for hydroxylation is 1. The van der Waals surface area contributed by atoms with E-state index in [2.05, 4.69) is 72.3 Å². The van der Waals surface area contributed by atoms with Crippen LogP contribution in [0.4, 0.5) is 0 Å². The van der Waals surface area contributed by atoms with Gasteiger partial charge in [-0.05, 0) is 41.0 Å². The molecule has 0 fully saturated rings. The van der Waals surface area contributed by atoms with Crippen molar-refractivity contribution >= 4 is 33.5 Å². The number of rotatable bonds is 2. The van der Waals surface area contributed by atoms with Crippen molar-refractivity contribution < 1.29 is 0 Å². The molecule has 0 bridgehead atoms. The molecule has 0 saturated heterocycles. The highest BCUT2D eigenvalue weighted by atomic mass is 127. The standard InChI is InChI=1S/C13H16IN/c1-4-15-8-12(14)11-7-5-6-10(9(2)3)13(11)15/h5-9H,4H2,1-3H3. The summed E-state index contributed by atoms with van der Waals surface area (Å²) >= 11 is 2.42. The van der Waals surface area contributed by atoms with E-state index in [1.54, 1.807) is 0 Å². The highest BCUT2D eigenvalue weighted by molar-refractivity contribution is 14.1. The van der Waals surface area contributed by atoms with Crippen LogP contribution in [0.5, 0.6) is 0 Å². The summed E-state index contributed by atoms with van der Waals surface area (Å²) in [4.78, 5) is 0. The van der Waals surface area contributed by atoms with Crippen molar-refractivity contribution in [1.82, 2.24) is 4.57 Å². The Kier molecular flexibility index (Phi) is 3.05. The van der Waals surface area contributed by atoms with Gasteiger partial charge >= 0.3 is 0 Å². The molecular formula is C13H16IN. The van der Waals surface area contributed by atoms with E-state index in [-0.39, 0.29) is 0 Å². The van der Waals surface area contributed by atoms with Crippen LogP contribution in [-0.4, -0.2) is 4.57 Å². The lowest BCUT2D eigenvalue weighted by molar-refractivity contribution is 0.780. The number of benzene rings is 1. The molecule has 0 amide bonds. The first-order valence-electron chi connectivity index (χ1n) is 5.42. The van der Waals surface area contributed by atoms with E-state index in [1.165, 1.54) is 20.0 Å². The molecule has 0 aliphatic rings. The Labute approximate surface area is 105 Å². The molecule has 2 heteroatoms. The SMILES string of the molecule is CCn1cc(I)c2cccc(C(C)C)c21. The van der Waals surface area contributed by atoms with Gasteiger partial charge in [-0.2, -0.15) is 0 Å². The van der Waals surface area contributed by atoms with E-state index in [9.17, 15) is 0 Å². The third-order valence-electron chi connectivity index (χ3n) is 2.84. The van der Waals surface area contributed by atoms with Gasteiger partial charge in [0.25, 0.3) is 0 Å². The van der Waals surface area contributed by atoms with E-state index < -0.39 is 0 Å². The highest BCUT2D eigenvalue weighted by Gasteiger charge is 2.11. The summed E-state index contributed by atoms with van der Waals surface area (Å²) in [7, 11) is 0. The summed E-state index contributed by atoms with van der Waals surface area (Å²) in [6, 6.07) is 6.63. The molecule has 80 valence electrons. The van der Waals surface area contributed by atoms with Crippen LogP contribution >= 0.6 is 22.6 Å². The van der Waals surface area contributed by atoms with Gasteiger partial charge in [0.2, 0.25) is 0 Å². The first kappa shape index (κ1) is 11.0. The number of para-hydroxylation sites is 1. The Balaban J connectivity index is 2.82. The lowest BCUT2D eigenvalue weighted by Crippen LogP contribution is -1.96. The molecule has 1 nitrogen and oxygen atoms in total. The third-order valence-corrected chi connectivity index (χ3v) is 3.70. The third kappa shape index (κ3) is 1.80. The summed E-state index contributed by atoms with van der Waals surface area (Å²) in [5, 5.41) is 1.39. The van der Waals surface area contributed by atoms with Crippen molar-refractivity contribution in [3.63, 3.8) is 0 Å². The van der Waals surface area contributed by atoms with Crippen LogP contribution in [0.2, 0.25) is 0 Å². The molecule has 0 saturated carbocycles. The first-order chi connectivity index (χ1) is 7.15. The maximum Gasteiger partial charge on any atom is 0.0526 e. The molecule has 1 aromatic heterocycles. The number of hydrogen-bond acceptors (Lipinski definition) is 0. The normalized spacial score (nSPS) is 11.5. The van der Waals surface area contributed by atoms with Crippen LogP contribution in [-0.2, 0) is 6.54 Å². The van der Waals surface area contributed by atoms with Gasteiger partial charge in [0.15, 0.2) is 0 Å². The molecule has 0 aliphatic carbocycles. The van der Waals surface area contributed by atoms with Crippen LogP contribution < -0.4 is 0 Å². The van der Waals surface area contributed by atoms with Gasteiger partial charge in [0.1, 0.15) is 0 Å². The number of nitrogens with zero attached hydrogens (tertiary/aromatic N) is 1. The molecule has 2 rings (SSSR count). The summed E-state index contributed by atoms with van der Waals surface area (Å²) in [5.74, 6) is 0.588. The second-order valence-corrected chi connectivity index (χ2v) is 5.32. The fourth-order valence-corrected chi connectivity index (χ4v) is 2.83. The predicted octanol–water partition coefficient (Wildman–Crippen LogP) is 4.39. The molecule has 0 atom stereocenters. The van der Waals surface area contributed by atoms with E-state index in [0.717, 1.165) is 6.54 Å². The summed E-state index contributed by atoms with van der Waals surface area (Å²) < 4.78 is 3.71. The average molecular weight is 313 g/mol. The number of hydrogen-bond donors (Lipinski definition) is 0. The minimum absolute atomic E-state index is 0.588. The van der Waals surface area contributed by atoms with Crippen LogP contribution in [0.25, 0.3) is 10.9 Å². The van der Waals surface area contributed by atoms with Crippen molar-refractivity contribution in [2.24, 2.45) is 0 Å². The second-order valence-electron chi connectivity index (χ2n) is 4.16. The fraction of sp³-hybridized carbons (Fsp3) is 0.385. The molecule has 0 N–H and O–H groups in total. The lowest BCUT2D eigenvalue weighted by Gasteiger charge is -2.10. The van der Waals surface area contributed by atoms with E-state index in [1.807, 2.05) is 0 Å². The quantitative estimate of drug-likeness (QED) is 0.725. The Hall–Kier alpha value is -0.510. The zero-order valence-electron chi connectivity index (χ0n) is 9.42. The van der Waals surface area contributed by atoms with Crippen LogP contribution in [0, 0.1) is 3.57 Å². The Morgan fingerprint density at radius 1 is 1.33 bits per heavy atom. The van der Waals surface area contributed by atoms with Gasteiger partial charge in [-0.15, -0.1) is 0 Å². The van der Waals surface area contributed by atoms with Crippen molar-refractivity contribution in [1.29, 1.82) is 0 Å². The maximum atomic E-state index is 2.42. The lowest BCUT2D eigenvalue weighted by atomic mass is 10.0. The van der Waals surface area contributed by atoms with Gasteiger partial charge in [-0.25, -0.2) is 0 Å². The Morgan fingerprint density at radius 3 is 2.67 bits per heavy atom. The van der Waals surface area contributed by atoms with E-state index in [4.69, 9.17) is 0 Å². The molecule has 0 aliphatic heterocycles. The summed E-state index contributed by atoms with van der Waals surface area (Å²) in [5.41, 5.74) is 2.87. The molecule has 1 heterocycles. The van der Waals surface area contributed by atoms with Gasteiger partial charge in [0, 0.05) is 21.7 Å². The monoisotopic (exact) mass is 313 g/mol. The van der Waals surface area contributed by atoms with Crippen molar-refractivity contribution in [3.8, 4) is 0 Å². The number of aromatic nitrogens is 1. The average Bonchev–Trinajstić information content (AvgIpc) is 2.55. The fourth-order valence-electron chi connectivity index (χ4n) is 2.06. The second kappa shape index (κ2) is 4.16. The molecular weight excluding hydrogens is 297 g/mol. The Morgan fingerprint density at radius 2 is 2.07 bits per heavy atom. The minimum Gasteiger partial charge on any atom is -0.346 e. The topological polar surface area (TPSA) is 4.93 Å². The molecule has 0 radical (unpaired) electrons. The van der Waals surface area contributed by atoms with Crippen molar-refractivity contribution in [3.05, 3.63) is 33.5 Å². The van der Waals surface area contributed by atoms with Crippen LogP contribution in [0.15, 0.2) is 24.4 Å². The summed E-state index contributed by atoms with van der Waals surface area (Å²) in [6.07, 6.45) is 2.25. The minimum atomic E-state index is 0.588. The smallest absolute Gasteiger partial charge is 0.0526 e. The Bertz CT molecular complexity index is 482. The van der Waals surface area contributed by atoms with Gasteiger partial charge < -0.3 is 4.57 Å². The zero-order valence-corrected chi connectivity index (χ0v) is 11.6. The first-order valence-corrected chi connectivity index (χ1v) is 6.50. The van der Waals surface area contributed by atoms with Crippen molar-refractivity contribution in [2.75, 3.05) is 0 Å². The predicted molar refractivity (Wildman–Crippen MR) is 74.4 cm³/mol. The van der Waals surface area contributed by atoms with Crippen LogP contribution in [0.3, 0.4) is 0 Å². The van der Waals surface area contributed by atoms with Crippen molar-refractivity contribution in [2.45, 2.75) is 33.2 Å². The molecule has 0 spiro atoms. The van der Waals surface area contributed by atoms with Gasteiger partial charge in [0.05, 0.1) is 5.52 Å². The molecule has 2 aromatic rings. The molecule has 15 heavy (non-hydrogen) atoms. The number of fused-ring (bicyclic) bond motifs is 1. The van der Waals surface area contributed by atoms with Gasteiger partial charge in [-0.1, -0.05) is 32.0 Å². The summed E-state index contributed by atoms with van der Waals surface area (Å²) in [6.45, 7) is 7.76. The largest absolute Gasteiger partial charge is 0.346 e. The zero-order chi connectivity index (χ0) is 11.0. The molecule has 0 unspecified atom stereocenters.